The summed E-state index contributed by atoms with van der Waals surface area (Å²) in [5.74, 6) is 0. The van der Waals surface area contributed by atoms with Gasteiger partial charge in [-0.15, -0.1) is 0 Å². The molecule has 0 aliphatic carbocycles. The van der Waals surface area contributed by atoms with Crippen molar-refractivity contribution in [1.29, 1.82) is 0 Å². The number of rotatable bonds is 3. The molecular formula is C14H14N2O2. The lowest BCUT2D eigenvalue weighted by Gasteiger charge is -2.12. The van der Waals surface area contributed by atoms with E-state index in [0.717, 1.165) is 16.8 Å². The molecule has 0 fully saturated rings. The Morgan fingerprint density at radius 3 is 2.22 bits per heavy atom. The Bertz CT molecular complexity index is 574. The third kappa shape index (κ3) is 2.32. The van der Waals surface area contributed by atoms with E-state index in [2.05, 4.69) is 5.32 Å². The number of anilines is 2. The third-order valence-corrected chi connectivity index (χ3v) is 2.84. The molecule has 1 N–H and O–H groups in total. The Balaban J connectivity index is 2.43. The van der Waals surface area contributed by atoms with Gasteiger partial charge in [0.25, 0.3) is 5.69 Å². The van der Waals surface area contributed by atoms with Crippen LogP contribution in [0.2, 0.25) is 0 Å². The molecule has 4 heteroatoms. The highest BCUT2D eigenvalue weighted by Crippen LogP contribution is 2.30. The maximum Gasteiger partial charge on any atom is 0.292 e. The van der Waals surface area contributed by atoms with Crippen molar-refractivity contribution in [3.05, 3.63) is 63.7 Å². The zero-order chi connectivity index (χ0) is 13.1. The second kappa shape index (κ2) is 4.87. The largest absolute Gasteiger partial charge is 0.349 e. The van der Waals surface area contributed by atoms with Crippen molar-refractivity contribution < 1.29 is 4.92 Å². The lowest BCUT2D eigenvalue weighted by atomic mass is 10.1. The van der Waals surface area contributed by atoms with Crippen LogP contribution in [0.15, 0.2) is 42.5 Å². The Labute approximate surface area is 105 Å². The number of hydrogen-bond donors (Lipinski definition) is 1. The summed E-state index contributed by atoms with van der Waals surface area (Å²) >= 11 is 0. The lowest BCUT2D eigenvalue weighted by Crippen LogP contribution is -1.99. The van der Waals surface area contributed by atoms with E-state index >= 15 is 0 Å². The number of nitro benzene ring substituents is 1. The van der Waals surface area contributed by atoms with Crippen LogP contribution in [0.3, 0.4) is 0 Å². The summed E-state index contributed by atoms with van der Waals surface area (Å²) < 4.78 is 0. The first-order valence-electron chi connectivity index (χ1n) is 5.66. The minimum atomic E-state index is -0.379. The van der Waals surface area contributed by atoms with Crippen molar-refractivity contribution in [2.45, 2.75) is 13.8 Å². The maximum absolute atomic E-state index is 10.9. The Morgan fingerprint density at radius 1 is 1.00 bits per heavy atom. The van der Waals surface area contributed by atoms with Gasteiger partial charge in [0, 0.05) is 11.8 Å². The fourth-order valence-corrected chi connectivity index (χ4v) is 1.88. The molecule has 4 nitrogen and oxygen atoms in total. The molecule has 0 aliphatic heterocycles. The van der Waals surface area contributed by atoms with Crippen LogP contribution in [0, 0.1) is 24.0 Å². The first-order valence-corrected chi connectivity index (χ1v) is 5.66. The predicted octanol–water partition coefficient (Wildman–Crippen LogP) is 3.96. The normalized spacial score (nSPS) is 10.1. The fraction of sp³-hybridized carbons (Fsp3) is 0.143. The van der Waals surface area contributed by atoms with Gasteiger partial charge in [0.2, 0.25) is 0 Å². The van der Waals surface area contributed by atoms with Crippen molar-refractivity contribution in [3.63, 3.8) is 0 Å². The minimum Gasteiger partial charge on any atom is -0.349 e. The van der Waals surface area contributed by atoms with E-state index in [0.29, 0.717) is 5.69 Å². The molecule has 18 heavy (non-hydrogen) atoms. The summed E-state index contributed by atoms with van der Waals surface area (Å²) in [6, 6.07) is 12.6. The number of hydrogen-bond acceptors (Lipinski definition) is 3. The van der Waals surface area contributed by atoms with Gasteiger partial charge in [0.1, 0.15) is 5.69 Å². The molecule has 0 saturated carbocycles. The van der Waals surface area contributed by atoms with Gasteiger partial charge in [-0.3, -0.25) is 10.1 Å². The molecule has 0 aromatic heterocycles. The number of aryl methyl sites for hydroxylation is 2. The van der Waals surface area contributed by atoms with E-state index in [1.165, 1.54) is 6.07 Å². The lowest BCUT2D eigenvalue weighted by molar-refractivity contribution is -0.383. The van der Waals surface area contributed by atoms with Gasteiger partial charge in [-0.25, -0.2) is 0 Å². The summed E-state index contributed by atoms with van der Waals surface area (Å²) in [4.78, 5) is 10.6. The molecule has 0 radical (unpaired) electrons. The summed E-state index contributed by atoms with van der Waals surface area (Å²) in [5, 5.41) is 14.1. The van der Waals surface area contributed by atoms with Crippen LogP contribution in [0.25, 0.3) is 0 Å². The zero-order valence-electron chi connectivity index (χ0n) is 10.3. The zero-order valence-corrected chi connectivity index (χ0v) is 10.3. The van der Waals surface area contributed by atoms with Crippen molar-refractivity contribution in [3.8, 4) is 0 Å². The highest BCUT2D eigenvalue weighted by atomic mass is 16.6. The van der Waals surface area contributed by atoms with Crippen LogP contribution in [-0.4, -0.2) is 4.92 Å². The second-order valence-electron chi connectivity index (χ2n) is 4.17. The van der Waals surface area contributed by atoms with Crippen LogP contribution in [0.4, 0.5) is 17.1 Å². The molecule has 0 unspecified atom stereocenters. The monoisotopic (exact) mass is 242 g/mol. The molecule has 0 amide bonds. The van der Waals surface area contributed by atoms with Gasteiger partial charge in [0.05, 0.1) is 4.92 Å². The predicted molar refractivity (Wildman–Crippen MR) is 72.3 cm³/mol. The number of nitrogens with one attached hydrogen (secondary N) is 1. The molecule has 92 valence electrons. The summed E-state index contributed by atoms with van der Waals surface area (Å²) in [6.07, 6.45) is 0. The molecule has 0 atom stereocenters. The topological polar surface area (TPSA) is 55.2 Å². The van der Waals surface area contributed by atoms with E-state index in [9.17, 15) is 10.1 Å². The Hall–Kier alpha value is -2.36. The highest BCUT2D eigenvalue weighted by molar-refractivity contribution is 5.72. The van der Waals surface area contributed by atoms with Crippen LogP contribution in [-0.2, 0) is 0 Å². The quantitative estimate of drug-likeness (QED) is 0.654. The van der Waals surface area contributed by atoms with Gasteiger partial charge in [-0.2, -0.15) is 0 Å². The summed E-state index contributed by atoms with van der Waals surface area (Å²) in [6.45, 7) is 3.95. The van der Waals surface area contributed by atoms with E-state index < -0.39 is 0 Å². The van der Waals surface area contributed by atoms with Crippen molar-refractivity contribution in [2.75, 3.05) is 5.32 Å². The number of nitrogens with zero attached hydrogens (tertiary/aromatic N) is 1. The highest BCUT2D eigenvalue weighted by Gasteiger charge is 2.13. The fourth-order valence-electron chi connectivity index (χ4n) is 1.88. The molecule has 2 rings (SSSR count). The first kappa shape index (κ1) is 12.1. The minimum absolute atomic E-state index is 0.0835. The average molecular weight is 242 g/mol. The van der Waals surface area contributed by atoms with E-state index in [4.69, 9.17) is 0 Å². The number of benzene rings is 2. The molecule has 2 aromatic rings. The summed E-state index contributed by atoms with van der Waals surface area (Å²) in [7, 11) is 0. The SMILES string of the molecule is Cc1cccc(C)c1Nc1ccccc1[N+](=O)[O-]. The Morgan fingerprint density at radius 2 is 1.61 bits per heavy atom. The molecule has 2 aromatic carbocycles. The third-order valence-electron chi connectivity index (χ3n) is 2.84. The number of nitro groups is 1. The average Bonchev–Trinajstić information content (AvgIpc) is 2.34. The van der Waals surface area contributed by atoms with Crippen LogP contribution in [0.5, 0.6) is 0 Å². The molecular weight excluding hydrogens is 228 g/mol. The van der Waals surface area contributed by atoms with Crippen molar-refractivity contribution >= 4 is 17.1 Å². The van der Waals surface area contributed by atoms with Crippen molar-refractivity contribution in [2.24, 2.45) is 0 Å². The van der Waals surface area contributed by atoms with E-state index in [-0.39, 0.29) is 10.6 Å². The van der Waals surface area contributed by atoms with Gasteiger partial charge < -0.3 is 5.32 Å². The van der Waals surface area contributed by atoms with E-state index in [1.54, 1.807) is 18.2 Å². The molecule has 0 heterocycles. The van der Waals surface area contributed by atoms with Crippen LogP contribution in [0.1, 0.15) is 11.1 Å². The van der Waals surface area contributed by atoms with Crippen LogP contribution < -0.4 is 5.32 Å². The van der Waals surface area contributed by atoms with Gasteiger partial charge >= 0.3 is 0 Å². The molecule has 0 bridgehead atoms. The second-order valence-corrected chi connectivity index (χ2v) is 4.17. The standard InChI is InChI=1S/C14H14N2O2/c1-10-6-5-7-11(2)14(10)15-12-8-3-4-9-13(12)16(17)18/h3-9,15H,1-2H3. The van der Waals surface area contributed by atoms with Gasteiger partial charge in [0.15, 0.2) is 0 Å². The molecule has 0 aliphatic rings. The smallest absolute Gasteiger partial charge is 0.292 e. The molecule has 0 saturated heterocycles. The first-order chi connectivity index (χ1) is 8.59. The molecule has 0 spiro atoms. The number of para-hydroxylation sites is 3. The van der Waals surface area contributed by atoms with Crippen LogP contribution >= 0.6 is 0 Å². The van der Waals surface area contributed by atoms with Gasteiger partial charge in [-0.05, 0) is 31.0 Å². The Kier molecular flexibility index (Phi) is 3.28. The van der Waals surface area contributed by atoms with Crippen molar-refractivity contribution in [1.82, 2.24) is 0 Å². The maximum atomic E-state index is 10.9. The van der Waals surface area contributed by atoms with E-state index in [1.807, 2.05) is 32.0 Å². The van der Waals surface area contributed by atoms with Gasteiger partial charge in [-0.1, -0.05) is 30.3 Å². The summed E-state index contributed by atoms with van der Waals surface area (Å²) in [5.41, 5.74) is 3.65.